The Kier molecular flexibility index (Phi) is 5.01. The first kappa shape index (κ1) is 13.1. The van der Waals surface area contributed by atoms with Gasteiger partial charge in [0.15, 0.2) is 6.29 Å². The molecule has 0 amide bonds. The summed E-state index contributed by atoms with van der Waals surface area (Å²) in [6.07, 6.45) is 10.4. The molecule has 17 heavy (non-hydrogen) atoms. The number of nitrogens with one attached hydrogen (secondary N) is 1. The van der Waals surface area contributed by atoms with Gasteiger partial charge in [-0.1, -0.05) is 18.6 Å². The van der Waals surface area contributed by atoms with E-state index in [1.165, 1.54) is 19.3 Å². The van der Waals surface area contributed by atoms with Crippen molar-refractivity contribution in [2.75, 3.05) is 13.1 Å². The largest absolute Gasteiger partial charge is 0.368 e. The van der Waals surface area contributed by atoms with Crippen molar-refractivity contribution in [2.24, 2.45) is 17.8 Å². The van der Waals surface area contributed by atoms with Crippen LogP contribution in [-0.4, -0.2) is 29.6 Å². The molecule has 0 aromatic carbocycles. The maximum Gasteiger partial charge on any atom is 0.154 e. The van der Waals surface area contributed by atoms with Crippen LogP contribution in [0, 0.1) is 17.8 Å². The van der Waals surface area contributed by atoms with E-state index in [-0.39, 0.29) is 5.92 Å². The highest BCUT2D eigenvalue weighted by atomic mass is 16.5. The highest BCUT2D eigenvalue weighted by Gasteiger charge is 2.25. The molecule has 98 valence electrons. The summed E-state index contributed by atoms with van der Waals surface area (Å²) in [5.41, 5.74) is 0. The van der Waals surface area contributed by atoms with Crippen molar-refractivity contribution >= 4 is 0 Å². The van der Waals surface area contributed by atoms with Crippen LogP contribution in [-0.2, 0) is 0 Å². The Morgan fingerprint density at radius 1 is 1.00 bits per heavy atom. The average Bonchev–Trinajstić information content (AvgIpc) is 2.38. The maximum absolute atomic E-state index is 9.23. The van der Waals surface area contributed by atoms with Crippen LogP contribution in [0.1, 0.15) is 38.5 Å². The summed E-state index contributed by atoms with van der Waals surface area (Å²) >= 11 is 0. The molecule has 0 aromatic heterocycles. The normalized spacial score (nSPS) is 35.6. The SMILES string of the molecule is OC(O)C1CCCC(C=CC2CCCNC2)C1. The molecule has 1 saturated heterocycles. The van der Waals surface area contributed by atoms with E-state index in [9.17, 15) is 10.2 Å². The quantitative estimate of drug-likeness (QED) is 0.518. The molecule has 2 fully saturated rings. The first-order valence-corrected chi connectivity index (χ1v) is 7.01. The topological polar surface area (TPSA) is 52.5 Å². The van der Waals surface area contributed by atoms with Gasteiger partial charge in [-0.25, -0.2) is 0 Å². The zero-order valence-electron chi connectivity index (χ0n) is 10.5. The van der Waals surface area contributed by atoms with Crippen LogP contribution in [0.4, 0.5) is 0 Å². The Morgan fingerprint density at radius 2 is 1.76 bits per heavy atom. The van der Waals surface area contributed by atoms with Gasteiger partial charge in [0.1, 0.15) is 0 Å². The van der Waals surface area contributed by atoms with Gasteiger partial charge in [0.25, 0.3) is 0 Å². The fourth-order valence-electron chi connectivity index (χ4n) is 3.07. The molecule has 0 bridgehead atoms. The van der Waals surface area contributed by atoms with E-state index in [1.54, 1.807) is 0 Å². The predicted octanol–water partition coefficient (Wildman–Crippen LogP) is 1.66. The summed E-state index contributed by atoms with van der Waals surface area (Å²) in [6.45, 7) is 2.27. The second-order valence-corrected chi connectivity index (χ2v) is 5.59. The minimum absolute atomic E-state index is 0.0860. The third-order valence-corrected chi connectivity index (χ3v) is 4.17. The van der Waals surface area contributed by atoms with E-state index in [0.717, 1.165) is 32.4 Å². The fourth-order valence-corrected chi connectivity index (χ4v) is 3.07. The summed E-state index contributed by atoms with van der Waals surface area (Å²) < 4.78 is 0. The number of aliphatic hydroxyl groups excluding tert-OH is 1. The zero-order chi connectivity index (χ0) is 12.1. The minimum atomic E-state index is -1.12. The van der Waals surface area contributed by atoms with Crippen molar-refractivity contribution in [3.8, 4) is 0 Å². The second kappa shape index (κ2) is 6.53. The Balaban J connectivity index is 1.79. The van der Waals surface area contributed by atoms with Crippen molar-refractivity contribution in [1.29, 1.82) is 0 Å². The molecule has 0 aromatic rings. The first-order chi connectivity index (χ1) is 8.25. The number of aliphatic hydroxyl groups is 2. The molecule has 3 N–H and O–H groups in total. The van der Waals surface area contributed by atoms with Gasteiger partial charge in [0.05, 0.1) is 0 Å². The summed E-state index contributed by atoms with van der Waals surface area (Å²) in [5.74, 6) is 1.32. The molecule has 1 saturated carbocycles. The average molecular weight is 239 g/mol. The van der Waals surface area contributed by atoms with Crippen LogP contribution < -0.4 is 5.32 Å². The van der Waals surface area contributed by atoms with E-state index < -0.39 is 6.29 Å². The molecule has 1 aliphatic heterocycles. The molecule has 3 unspecified atom stereocenters. The van der Waals surface area contributed by atoms with E-state index in [2.05, 4.69) is 17.5 Å². The van der Waals surface area contributed by atoms with Crippen LogP contribution in [0.2, 0.25) is 0 Å². The molecule has 2 rings (SSSR count). The van der Waals surface area contributed by atoms with Crippen molar-refractivity contribution < 1.29 is 10.2 Å². The predicted molar refractivity (Wildman–Crippen MR) is 68.4 cm³/mol. The fraction of sp³-hybridized carbons (Fsp3) is 0.857. The Labute approximate surface area is 104 Å². The molecule has 1 heterocycles. The molecule has 2 aliphatic rings. The van der Waals surface area contributed by atoms with E-state index >= 15 is 0 Å². The van der Waals surface area contributed by atoms with Gasteiger partial charge in [0, 0.05) is 12.5 Å². The minimum Gasteiger partial charge on any atom is -0.368 e. The summed E-state index contributed by atoms with van der Waals surface area (Å²) in [7, 11) is 0. The highest BCUT2D eigenvalue weighted by molar-refractivity contribution is 4.96. The van der Waals surface area contributed by atoms with Crippen LogP contribution in [0.25, 0.3) is 0 Å². The monoisotopic (exact) mass is 239 g/mol. The summed E-state index contributed by atoms with van der Waals surface area (Å²) in [5, 5.41) is 21.9. The lowest BCUT2D eigenvalue weighted by molar-refractivity contribution is -0.0959. The molecular formula is C14H25NO2. The van der Waals surface area contributed by atoms with E-state index in [0.29, 0.717) is 11.8 Å². The lowest BCUT2D eigenvalue weighted by atomic mass is 9.80. The molecule has 1 aliphatic carbocycles. The Morgan fingerprint density at radius 3 is 2.47 bits per heavy atom. The van der Waals surface area contributed by atoms with Gasteiger partial charge < -0.3 is 15.5 Å². The van der Waals surface area contributed by atoms with Crippen LogP contribution in [0.3, 0.4) is 0 Å². The molecule has 0 spiro atoms. The van der Waals surface area contributed by atoms with Gasteiger partial charge >= 0.3 is 0 Å². The van der Waals surface area contributed by atoms with Crippen molar-refractivity contribution in [2.45, 2.75) is 44.8 Å². The highest BCUT2D eigenvalue weighted by Crippen LogP contribution is 2.31. The van der Waals surface area contributed by atoms with Crippen molar-refractivity contribution in [3.63, 3.8) is 0 Å². The third-order valence-electron chi connectivity index (χ3n) is 4.17. The van der Waals surface area contributed by atoms with Gasteiger partial charge in [-0.3, -0.25) is 0 Å². The lowest BCUT2D eigenvalue weighted by Crippen LogP contribution is -2.29. The molecule has 0 radical (unpaired) electrons. The Bertz CT molecular complexity index is 247. The van der Waals surface area contributed by atoms with E-state index in [4.69, 9.17) is 0 Å². The summed E-state index contributed by atoms with van der Waals surface area (Å²) in [4.78, 5) is 0. The lowest BCUT2D eigenvalue weighted by Gasteiger charge is -2.29. The molecule has 3 nitrogen and oxygen atoms in total. The van der Waals surface area contributed by atoms with Crippen LogP contribution in [0.5, 0.6) is 0 Å². The number of rotatable bonds is 3. The maximum atomic E-state index is 9.23. The third kappa shape index (κ3) is 4.09. The zero-order valence-corrected chi connectivity index (χ0v) is 10.5. The smallest absolute Gasteiger partial charge is 0.154 e. The second-order valence-electron chi connectivity index (χ2n) is 5.59. The van der Waals surface area contributed by atoms with Gasteiger partial charge in [-0.15, -0.1) is 0 Å². The van der Waals surface area contributed by atoms with Crippen LogP contribution in [0.15, 0.2) is 12.2 Å². The standard InChI is InChI=1S/C14H25NO2/c16-14(17)13-5-1-3-11(9-13)6-7-12-4-2-8-15-10-12/h6-7,11-17H,1-5,8-10H2. The number of hydrogen-bond acceptors (Lipinski definition) is 3. The van der Waals surface area contributed by atoms with Gasteiger partial charge in [-0.2, -0.15) is 0 Å². The molecule has 3 heteroatoms. The van der Waals surface area contributed by atoms with Crippen molar-refractivity contribution in [1.82, 2.24) is 5.32 Å². The van der Waals surface area contributed by atoms with Crippen LogP contribution >= 0.6 is 0 Å². The molecule has 3 atom stereocenters. The molecular weight excluding hydrogens is 214 g/mol. The first-order valence-electron chi connectivity index (χ1n) is 7.01. The van der Waals surface area contributed by atoms with E-state index in [1.807, 2.05) is 0 Å². The number of allylic oxidation sites excluding steroid dienone is 1. The van der Waals surface area contributed by atoms with Gasteiger partial charge in [0.2, 0.25) is 0 Å². The Hall–Kier alpha value is -0.380. The summed E-state index contributed by atoms with van der Waals surface area (Å²) in [6, 6.07) is 0. The number of hydrogen-bond donors (Lipinski definition) is 3. The van der Waals surface area contributed by atoms with Crippen molar-refractivity contribution in [3.05, 3.63) is 12.2 Å². The van der Waals surface area contributed by atoms with Gasteiger partial charge in [-0.05, 0) is 50.5 Å². The number of piperidine rings is 1.